The first-order chi connectivity index (χ1) is 6.20. The number of nitrogens with two attached hydrogens (primary N) is 1. The third kappa shape index (κ3) is 1.31. The predicted octanol–water partition coefficient (Wildman–Crippen LogP) is 1.90. The summed E-state index contributed by atoms with van der Waals surface area (Å²) in [5.74, 6) is 1.41. The van der Waals surface area contributed by atoms with Crippen LogP contribution in [0.25, 0.3) is 0 Å². The second kappa shape index (κ2) is 3.04. The minimum atomic E-state index is 0.0856. The molecule has 1 heterocycles. The number of hydrogen-bond donors (Lipinski definition) is 1. The van der Waals surface area contributed by atoms with Crippen LogP contribution in [0, 0.1) is 0 Å². The van der Waals surface area contributed by atoms with Crippen LogP contribution in [0.5, 0.6) is 5.75 Å². The summed E-state index contributed by atoms with van der Waals surface area (Å²) in [7, 11) is 0. The summed E-state index contributed by atoms with van der Waals surface area (Å²) >= 11 is 0. The van der Waals surface area contributed by atoms with E-state index in [-0.39, 0.29) is 12.1 Å². The van der Waals surface area contributed by atoms with Crippen molar-refractivity contribution >= 4 is 0 Å². The largest absolute Gasteiger partial charge is 0.488 e. The number of hydrogen-bond acceptors (Lipinski definition) is 2. The molecule has 2 rings (SSSR count). The fourth-order valence-corrected chi connectivity index (χ4v) is 1.95. The number of ether oxygens (including phenoxy) is 1. The van der Waals surface area contributed by atoms with E-state index in [0.717, 1.165) is 5.75 Å². The van der Waals surface area contributed by atoms with Crippen molar-refractivity contribution in [1.82, 2.24) is 0 Å². The molecule has 2 heteroatoms. The SMILES string of the molecule is C[C@H](N)[C@@H]1Oc2ccccc2[C@H]1C. The molecule has 1 aliphatic heterocycles. The quantitative estimate of drug-likeness (QED) is 0.711. The Balaban J connectivity index is 2.32. The first kappa shape index (κ1) is 8.57. The Kier molecular flexibility index (Phi) is 2.00. The highest BCUT2D eigenvalue weighted by molar-refractivity contribution is 5.40. The van der Waals surface area contributed by atoms with Gasteiger partial charge >= 0.3 is 0 Å². The molecule has 0 saturated carbocycles. The smallest absolute Gasteiger partial charge is 0.123 e. The fraction of sp³-hybridized carbons (Fsp3) is 0.455. The van der Waals surface area contributed by atoms with Gasteiger partial charge in [-0.1, -0.05) is 25.1 Å². The molecule has 0 fully saturated rings. The summed E-state index contributed by atoms with van der Waals surface area (Å²) < 4.78 is 5.76. The van der Waals surface area contributed by atoms with E-state index in [1.807, 2.05) is 25.1 Å². The van der Waals surface area contributed by atoms with Crippen molar-refractivity contribution in [3.8, 4) is 5.75 Å². The van der Waals surface area contributed by atoms with E-state index in [0.29, 0.717) is 5.92 Å². The van der Waals surface area contributed by atoms with E-state index < -0.39 is 0 Å². The summed E-state index contributed by atoms with van der Waals surface area (Å²) in [5, 5.41) is 0. The van der Waals surface area contributed by atoms with E-state index in [9.17, 15) is 0 Å². The Hall–Kier alpha value is -1.02. The first-order valence-electron chi connectivity index (χ1n) is 4.71. The van der Waals surface area contributed by atoms with Gasteiger partial charge in [0.05, 0.1) is 0 Å². The van der Waals surface area contributed by atoms with Crippen molar-refractivity contribution in [2.45, 2.75) is 31.9 Å². The molecule has 0 radical (unpaired) electrons. The van der Waals surface area contributed by atoms with Crippen LogP contribution in [0.4, 0.5) is 0 Å². The second-order valence-corrected chi connectivity index (χ2v) is 3.77. The van der Waals surface area contributed by atoms with Crippen LogP contribution in [0.2, 0.25) is 0 Å². The summed E-state index contributed by atoms with van der Waals surface area (Å²) in [6.45, 7) is 4.16. The topological polar surface area (TPSA) is 35.2 Å². The van der Waals surface area contributed by atoms with Crippen LogP contribution in [-0.4, -0.2) is 12.1 Å². The normalized spacial score (nSPS) is 27.9. The molecule has 0 aliphatic carbocycles. The maximum Gasteiger partial charge on any atom is 0.123 e. The van der Waals surface area contributed by atoms with Gasteiger partial charge in [-0.25, -0.2) is 0 Å². The van der Waals surface area contributed by atoms with Crippen molar-refractivity contribution in [2.75, 3.05) is 0 Å². The lowest BCUT2D eigenvalue weighted by molar-refractivity contribution is 0.185. The van der Waals surface area contributed by atoms with Gasteiger partial charge in [-0.15, -0.1) is 0 Å². The lowest BCUT2D eigenvalue weighted by atomic mass is 9.94. The standard InChI is InChI=1S/C11H15NO/c1-7-9-5-3-4-6-10(9)13-11(7)8(2)12/h3-8,11H,12H2,1-2H3/t7-,8+,11-/m1/s1. The van der Waals surface area contributed by atoms with Gasteiger partial charge < -0.3 is 10.5 Å². The molecule has 1 aromatic carbocycles. The van der Waals surface area contributed by atoms with E-state index in [2.05, 4.69) is 13.0 Å². The molecule has 0 aromatic heterocycles. The van der Waals surface area contributed by atoms with Crippen LogP contribution < -0.4 is 10.5 Å². The summed E-state index contributed by atoms with van der Waals surface area (Å²) in [4.78, 5) is 0. The third-order valence-corrected chi connectivity index (χ3v) is 2.68. The molecule has 0 unspecified atom stereocenters. The lowest BCUT2D eigenvalue weighted by Crippen LogP contribution is -2.36. The Morgan fingerprint density at radius 2 is 2.08 bits per heavy atom. The number of benzene rings is 1. The van der Waals surface area contributed by atoms with E-state index in [1.54, 1.807) is 0 Å². The Morgan fingerprint density at radius 1 is 1.38 bits per heavy atom. The molecule has 13 heavy (non-hydrogen) atoms. The lowest BCUT2D eigenvalue weighted by Gasteiger charge is -2.18. The van der Waals surface area contributed by atoms with Crippen molar-refractivity contribution in [3.63, 3.8) is 0 Å². The van der Waals surface area contributed by atoms with Gasteiger partial charge in [0.2, 0.25) is 0 Å². The average Bonchev–Trinajstić information content (AvgIpc) is 2.45. The molecule has 70 valence electrons. The molecule has 2 nitrogen and oxygen atoms in total. The van der Waals surface area contributed by atoms with Crippen molar-refractivity contribution in [2.24, 2.45) is 5.73 Å². The van der Waals surface area contributed by atoms with E-state index in [1.165, 1.54) is 5.56 Å². The van der Waals surface area contributed by atoms with Gasteiger partial charge in [0, 0.05) is 17.5 Å². The molecular weight excluding hydrogens is 162 g/mol. The highest BCUT2D eigenvalue weighted by Gasteiger charge is 2.32. The predicted molar refractivity (Wildman–Crippen MR) is 52.9 cm³/mol. The molecule has 2 N–H and O–H groups in total. The summed E-state index contributed by atoms with van der Waals surface area (Å²) in [6, 6.07) is 8.25. The minimum Gasteiger partial charge on any atom is -0.488 e. The van der Waals surface area contributed by atoms with Gasteiger partial charge in [-0.2, -0.15) is 0 Å². The molecule has 0 saturated heterocycles. The van der Waals surface area contributed by atoms with Crippen LogP contribution in [-0.2, 0) is 0 Å². The van der Waals surface area contributed by atoms with Crippen LogP contribution >= 0.6 is 0 Å². The van der Waals surface area contributed by atoms with Gasteiger partial charge in [0.1, 0.15) is 11.9 Å². The average molecular weight is 177 g/mol. The van der Waals surface area contributed by atoms with Crippen molar-refractivity contribution in [1.29, 1.82) is 0 Å². The number of para-hydroxylation sites is 1. The second-order valence-electron chi connectivity index (χ2n) is 3.77. The molecule has 0 amide bonds. The minimum absolute atomic E-state index is 0.0856. The molecule has 3 atom stereocenters. The van der Waals surface area contributed by atoms with Gasteiger partial charge in [0.25, 0.3) is 0 Å². The zero-order valence-corrected chi connectivity index (χ0v) is 8.03. The molecule has 1 aliphatic rings. The highest BCUT2D eigenvalue weighted by atomic mass is 16.5. The molecule has 0 bridgehead atoms. The maximum absolute atomic E-state index is 5.84. The fourth-order valence-electron chi connectivity index (χ4n) is 1.95. The van der Waals surface area contributed by atoms with Crippen LogP contribution in [0.3, 0.4) is 0 Å². The first-order valence-corrected chi connectivity index (χ1v) is 4.71. The van der Waals surface area contributed by atoms with E-state index >= 15 is 0 Å². The maximum atomic E-state index is 5.84. The van der Waals surface area contributed by atoms with Gasteiger partial charge in [-0.05, 0) is 13.0 Å². The summed E-state index contributed by atoms with van der Waals surface area (Å²) in [6.07, 6.45) is 0.136. The molecule has 0 spiro atoms. The third-order valence-electron chi connectivity index (χ3n) is 2.68. The Morgan fingerprint density at radius 3 is 2.69 bits per heavy atom. The zero-order chi connectivity index (χ0) is 9.42. The van der Waals surface area contributed by atoms with Crippen molar-refractivity contribution in [3.05, 3.63) is 29.8 Å². The Bertz CT molecular complexity index is 309. The Labute approximate surface area is 78.7 Å². The van der Waals surface area contributed by atoms with Crippen LogP contribution in [0.15, 0.2) is 24.3 Å². The highest BCUT2D eigenvalue weighted by Crippen LogP contribution is 2.38. The number of fused-ring (bicyclic) bond motifs is 1. The van der Waals surface area contributed by atoms with Crippen LogP contribution in [0.1, 0.15) is 25.3 Å². The molecule has 1 aromatic rings. The van der Waals surface area contributed by atoms with E-state index in [4.69, 9.17) is 10.5 Å². The van der Waals surface area contributed by atoms with Gasteiger partial charge in [0.15, 0.2) is 0 Å². The monoisotopic (exact) mass is 177 g/mol. The van der Waals surface area contributed by atoms with Gasteiger partial charge in [-0.3, -0.25) is 0 Å². The van der Waals surface area contributed by atoms with Crippen molar-refractivity contribution < 1.29 is 4.74 Å². The summed E-state index contributed by atoms with van der Waals surface area (Å²) in [5.41, 5.74) is 7.12. The zero-order valence-electron chi connectivity index (χ0n) is 8.03. The molecular formula is C11H15NO. The number of rotatable bonds is 1.